The average Bonchev–Trinajstić information content (AvgIpc) is 2.60. The Morgan fingerprint density at radius 1 is 1.73 bits per heavy atom. The standard InChI is InChI=1S/C9H13NS/c1-6(10)8-4-9(8)7-2-3-11-5-7/h2-3,5-6,8-9H,4,10H2,1H3/t6-,8+,9-/m1/s1. The minimum absolute atomic E-state index is 0.375. The third kappa shape index (κ3) is 1.33. The first-order chi connectivity index (χ1) is 5.29. The fourth-order valence-corrected chi connectivity index (χ4v) is 2.39. The van der Waals surface area contributed by atoms with E-state index in [1.54, 1.807) is 11.3 Å². The Kier molecular flexibility index (Phi) is 1.74. The highest BCUT2D eigenvalue weighted by Gasteiger charge is 2.40. The molecule has 1 aliphatic rings. The van der Waals surface area contributed by atoms with Gasteiger partial charge in [-0.1, -0.05) is 0 Å². The summed E-state index contributed by atoms with van der Waals surface area (Å²) in [4.78, 5) is 0. The van der Waals surface area contributed by atoms with Gasteiger partial charge in [0.2, 0.25) is 0 Å². The highest BCUT2D eigenvalue weighted by Crippen LogP contribution is 2.49. The zero-order valence-corrected chi connectivity index (χ0v) is 7.47. The molecule has 2 N–H and O–H groups in total. The number of thiophene rings is 1. The van der Waals surface area contributed by atoms with E-state index in [4.69, 9.17) is 5.73 Å². The highest BCUT2D eigenvalue weighted by molar-refractivity contribution is 7.08. The van der Waals surface area contributed by atoms with Crippen molar-refractivity contribution in [1.82, 2.24) is 0 Å². The summed E-state index contributed by atoms with van der Waals surface area (Å²) in [6, 6.07) is 2.59. The number of hydrogen-bond donors (Lipinski definition) is 1. The highest BCUT2D eigenvalue weighted by atomic mass is 32.1. The number of rotatable bonds is 2. The van der Waals surface area contributed by atoms with Gasteiger partial charge in [-0.05, 0) is 47.6 Å². The molecule has 2 rings (SSSR count). The summed E-state index contributed by atoms with van der Waals surface area (Å²) in [6.45, 7) is 2.11. The van der Waals surface area contributed by atoms with Crippen LogP contribution in [0.3, 0.4) is 0 Å². The molecular formula is C9H13NS. The summed E-state index contributed by atoms with van der Waals surface area (Å²) in [5, 5.41) is 4.39. The third-order valence-electron chi connectivity index (χ3n) is 2.49. The van der Waals surface area contributed by atoms with E-state index in [2.05, 4.69) is 23.8 Å². The van der Waals surface area contributed by atoms with Crippen molar-refractivity contribution in [3.8, 4) is 0 Å². The smallest absolute Gasteiger partial charge is 0.00448 e. The van der Waals surface area contributed by atoms with Gasteiger partial charge < -0.3 is 5.73 Å². The Morgan fingerprint density at radius 2 is 2.55 bits per heavy atom. The molecule has 1 heterocycles. The lowest BCUT2D eigenvalue weighted by Crippen LogP contribution is -2.17. The van der Waals surface area contributed by atoms with Crippen molar-refractivity contribution in [2.45, 2.75) is 25.3 Å². The summed E-state index contributed by atoms with van der Waals surface area (Å²) in [7, 11) is 0. The first kappa shape index (κ1) is 7.32. The van der Waals surface area contributed by atoms with Crippen LogP contribution in [0.2, 0.25) is 0 Å². The van der Waals surface area contributed by atoms with E-state index in [0.717, 1.165) is 11.8 Å². The largest absolute Gasteiger partial charge is 0.328 e. The lowest BCUT2D eigenvalue weighted by molar-refractivity contribution is 0.632. The maximum atomic E-state index is 5.80. The zero-order valence-electron chi connectivity index (χ0n) is 6.66. The molecule has 0 aliphatic heterocycles. The first-order valence-electron chi connectivity index (χ1n) is 4.06. The number of hydrogen-bond acceptors (Lipinski definition) is 2. The molecule has 60 valence electrons. The number of nitrogens with two attached hydrogens (primary N) is 1. The molecule has 0 amide bonds. The van der Waals surface area contributed by atoms with Gasteiger partial charge in [0.05, 0.1) is 0 Å². The van der Waals surface area contributed by atoms with Gasteiger partial charge in [0.15, 0.2) is 0 Å². The topological polar surface area (TPSA) is 26.0 Å². The summed E-state index contributed by atoms with van der Waals surface area (Å²) >= 11 is 1.78. The molecule has 1 aromatic heterocycles. The van der Waals surface area contributed by atoms with Crippen molar-refractivity contribution in [2.24, 2.45) is 11.7 Å². The molecule has 0 aromatic carbocycles. The average molecular weight is 167 g/mol. The molecule has 3 atom stereocenters. The van der Waals surface area contributed by atoms with E-state index in [1.807, 2.05) is 0 Å². The van der Waals surface area contributed by atoms with Crippen LogP contribution in [0.5, 0.6) is 0 Å². The second-order valence-corrected chi connectivity index (χ2v) is 4.20. The van der Waals surface area contributed by atoms with Gasteiger partial charge in [-0.15, -0.1) is 0 Å². The minimum atomic E-state index is 0.375. The Morgan fingerprint density at radius 3 is 3.00 bits per heavy atom. The maximum Gasteiger partial charge on any atom is 0.00448 e. The molecule has 0 saturated heterocycles. The van der Waals surface area contributed by atoms with Crippen LogP contribution in [0.25, 0.3) is 0 Å². The van der Waals surface area contributed by atoms with Crippen molar-refractivity contribution >= 4 is 11.3 Å². The van der Waals surface area contributed by atoms with Gasteiger partial charge in [0.1, 0.15) is 0 Å². The fourth-order valence-electron chi connectivity index (χ4n) is 1.66. The molecule has 1 nitrogen and oxygen atoms in total. The van der Waals surface area contributed by atoms with E-state index < -0.39 is 0 Å². The second-order valence-electron chi connectivity index (χ2n) is 3.42. The molecule has 1 aliphatic carbocycles. The van der Waals surface area contributed by atoms with Crippen LogP contribution < -0.4 is 5.73 Å². The molecule has 1 aromatic rings. The monoisotopic (exact) mass is 167 g/mol. The SMILES string of the molecule is C[C@@H](N)[C@@H]1C[C@@H]1c1ccsc1. The lowest BCUT2D eigenvalue weighted by Gasteiger charge is -2.00. The van der Waals surface area contributed by atoms with Crippen LogP contribution in [0, 0.1) is 5.92 Å². The predicted molar refractivity (Wildman–Crippen MR) is 48.8 cm³/mol. The van der Waals surface area contributed by atoms with Gasteiger partial charge in [-0.2, -0.15) is 11.3 Å². The Labute approximate surface area is 71.2 Å². The molecule has 0 spiro atoms. The van der Waals surface area contributed by atoms with E-state index in [0.29, 0.717) is 6.04 Å². The van der Waals surface area contributed by atoms with Crippen LogP contribution in [-0.2, 0) is 0 Å². The van der Waals surface area contributed by atoms with E-state index >= 15 is 0 Å². The van der Waals surface area contributed by atoms with Crippen molar-refractivity contribution in [3.63, 3.8) is 0 Å². The molecule has 1 fully saturated rings. The van der Waals surface area contributed by atoms with Crippen LogP contribution in [0.4, 0.5) is 0 Å². The summed E-state index contributed by atoms with van der Waals surface area (Å²) in [5.74, 6) is 1.53. The normalized spacial score (nSPS) is 31.8. The second kappa shape index (κ2) is 2.61. The molecule has 0 radical (unpaired) electrons. The van der Waals surface area contributed by atoms with Crippen molar-refractivity contribution in [2.75, 3.05) is 0 Å². The van der Waals surface area contributed by atoms with Gasteiger partial charge in [0, 0.05) is 6.04 Å². The van der Waals surface area contributed by atoms with Gasteiger partial charge in [0.25, 0.3) is 0 Å². The van der Waals surface area contributed by atoms with Crippen LogP contribution in [0.15, 0.2) is 16.8 Å². The molecule has 11 heavy (non-hydrogen) atoms. The summed E-state index contributed by atoms with van der Waals surface area (Å²) < 4.78 is 0. The van der Waals surface area contributed by atoms with Crippen LogP contribution in [-0.4, -0.2) is 6.04 Å². The predicted octanol–water partition coefficient (Wildman–Crippen LogP) is 2.20. The van der Waals surface area contributed by atoms with Gasteiger partial charge >= 0.3 is 0 Å². The lowest BCUT2D eigenvalue weighted by atomic mass is 10.1. The Bertz CT molecular complexity index is 228. The maximum absolute atomic E-state index is 5.80. The van der Waals surface area contributed by atoms with Gasteiger partial charge in [-0.3, -0.25) is 0 Å². The Hall–Kier alpha value is -0.340. The molecule has 2 heteroatoms. The van der Waals surface area contributed by atoms with Crippen molar-refractivity contribution < 1.29 is 0 Å². The molecule has 0 bridgehead atoms. The first-order valence-corrected chi connectivity index (χ1v) is 5.01. The van der Waals surface area contributed by atoms with Crippen molar-refractivity contribution in [3.05, 3.63) is 22.4 Å². The summed E-state index contributed by atoms with van der Waals surface area (Å²) in [6.07, 6.45) is 1.30. The van der Waals surface area contributed by atoms with E-state index in [1.165, 1.54) is 12.0 Å². The third-order valence-corrected chi connectivity index (χ3v) is 3.19. The van der Waals surface area contributed by atoms with E-state index in [9.17, 15) is 0 Å². The van der Waals surface area contributed by atoms with Crippen molar-refractivity contribution in [1.29, 1.82) is 0 Å². The fraction of sp³-hybridized carbons (Fsp3) is 0.556. The molecule has 1 saturated carbocycles. The Balaban J connectivity index is 2.02. The molecule has 0 unspecified atom stereocenters. The van der Waals surface area contributed by atoms with E-state index in [-0.39, 0.29) is 0 Å². The van der Waals surface area contributed by atoms with Gasteiger partial charge in [-0.25, -0.2) is 0 Å². The quantitative estimate of drug-likeness (QED) is 0.718. The minimum Gasteiger partial charge on any atom is -0.328 e. The summed E-state index contributed by atoms with van der Waals surface area (Å²) in [5.41, 5.74) is 7.30. The van der Waals surface area contributed by atoms with Crippen LogP contribution >= 0.6 is 11.3 Å². The molecular weight excluding hydrogens is 154 g/mol. The van der Waals surface area contributed by atoms with Crippen LogP contribution in [0.1, 0.15) is 24.8 Å². The zero-order chi connectivity index (χ0) is 7.84.